The number of aryl methyl sites for hydroxylation is 1. The van der Waals surface area contributed by atoms with Gasteiger partial charge in [0.2, 0.25) is 0 Å². The first-order chi connectivity index (χ1) is 11.6. The minimum Gasteiger partial charge on any atom is -0.312 e. The maximum Gasteiger partial charge on any atom is 0.142 e. The maximum absolute atomic E-state index is 13.8. The minimum absolute atomic E-state index is 0.182. The molecule has 0 unspecified atom stereocenters. The third kappa shape index (κ3) is 3.77. The molecule has 2 atom stereocenters. The number of hydrogen-bond acceptors (Lipinski definition) is 3. The Labute approximate surface area is 147 Å². The zero-order valence-corrected chi connectivity index (χ0v) is 14.9. The molecule has 3 rings (SSSR count). The molecule has 128 valence electrons. The zero-order chi connectivity index (χ0) is 17.1. The number of benzene rings is 1. The molecule has 1 fully saturated rings. The Morgan fingerprint density at radius 3 is 2.96 bits per heavy atom. The van der Waals surface area contributed by atoms with Crippen molar-refractivity contribution in [2.24, 2.45) is 5.92 Å². The Bertz CT molecular complexity index is 707. The normalized spacial score (nSPS) is 21.3. The van der Waals surface area contributed by atoms with Gasteiger partial charge in [-0.25, -0.2) is 4.39 Å². The summed E-state index contributed by atoms with van der Waals surface area (Å²) >= 11 is 5.82. The van der Waals surface area contributed by atoms with Crippen molar-refractivity contribution >= 4 is 11.6 Å². The van der Waals surface area contributed by atoms with Crippen LogP contribution in [0.1, 0.15) is 29.2 Å². The molecule has 0 aliphatic carbocycles. The second-order valence-electron chi connectivity index (χ2n) is 6.58. The monoisotopic (exact) mass is 347 g/mol. The molecule has 0 radical (unpaired) electrons. The van der Waals surface area contributed by atoms with Crippen molar-refractivity contribution in [3.63, 3.8) is 0 Å². The molecule has 1 saturated heterocycles. The van der Waals surface area contributed by atoms with E-state index in [1.54, 1.807) is 12.1 Å². The van der Waals surface area contributed by atoms with E-state index in [0.29, 0.717) is 5.92 Å². The molecule has 3 nitrogen and oxygen atoms in total. The van der Waals surface area contributed by atoms with E-state index in [2.05, 4.69) is 29.2 Å². The summed E-state index contributed by atoms with van der Waals surface area (Å²) in [5.74, 6) is 0.111. The predicted molar refractivity (Wildman–Crippen MR) is 95.6 cm³/mol. The lowest BCUT2D eigenvalue weighted by atomic mass is 9.93. The first-order valence-corrected chi connectivity index (χ1v) is 8.69. The SMILES string of the molecule is Cc1ccncc1CNC[C@H]1CCN(C)[C@H]1c1ccc(Cl)c(F)c1. The molecule has 1 N–H and O–H groups in total. The minimum atomic E-state index is -0.341. The van der Waals surface area contributed by atoms with Crippen LogP contribution in [-0.2, 0) is 6.54 Å². The van der Waals surface area contributed by atoms with E-state index in [9.17, 15) is 4.39 Å². The highest BCUT2D eigenvalue weighted by molar-refractivity contribution is 6.30. The molecule has 1 aliphatic heterocycles. The van der Waals surface area contributed by atoms with Crippen LogP contribution < -0.4 is 5.32 Å². The molecule has 0 amide bonds. The summed E-state index contributed by atoms with van der Waals surface area (Å²) in [6.45, 7) is 4.82. The number of rotatable bonds is 5. The second-order valence-corrected chi connectivity index (χ2v) is 6.99. The van der Waals surface area contributed by atoms with E-state index >= 15 is 0 Å². The summed E-state index contributed by atoms with van der Waals surface area (Å²) < 4.78 is 13.8. The quantitative estimate of drug-likeness (QED) is 0.887. The van der Waals surface area contributed by atoms with Crippen LogP contribution in [0.15, 0.2) is 36.7 Å². The highest BCUT2D eigenvalue weighted by Crippen LogP contribution is 2.36. The van der Waals surface area contributed by atoms with Crippen LogP contribution in [0.4, 0.5) is 4.39 Å². The van der Waals surface area contributed by atoms with Crippen molar-refractivity contribution in [3.05, 3.63) is 64.2 Å². The Morgan fingerprint density at radius 2 is 2.21 bits per heavy atom. The van der Waals surface area contributed by atoms with Gasteiger partial charge in [0.05, 0.1) is 5.02 Å². The van der Waals surface area contributed by atoms with E-state index in [-0.39, 0.29) is 16.9 Å². The summed E-state index contributed by atoms with van der Waals surface area (Å²) in [5, 5.41) is 3.73. The lowest BCUT2D eigenvalue weighted by Crippen LogP contribution is -2.28. The molecule has 0 saturated carbocycles. The molecule has 24 heavy (non-hydrogen) atoms. The van der Waals surface area contributed by atoms with E-state index in [1.165, 1.54) is 11.1 Å². The third-order valence-electron chi connectivity index (χ3n) is 4.93. The number of aromatic nitrogens is 1. The molecule has 1 aliphatic rings. The topological polar surface area (TPSA) is 28.2 Å². The van der Waals surface area contributed by atoms with Crippen LogP contribution in [0.5, 0.6) is 0 Å². The molecular weight excluding hydrogens is 325 g/mol. The van der Waals surface area contributed by atoms with Gasteiger partial charge in [0.15, 0.2) is 0 Å². The molecule has 0 spiro atoms. The molecule has 2 heterocycles. The fourth-order valence-corrected chi connectivity index (χ4v) is 3.65. The van der Waals surface area contributed by atoms with Crippen LogP contribution >= 0.6 is 11.6 Å². The second kappa shape index (κ2) is 7.60. The molecule has 1 aromatic carbocycles. The highest BCUT2D eigenvalue weighted by atomic mass is 35.5. The van der Waals surface area contributed by atoms with E-state index in [1.807, 2.05) is 24.5 Å². The van der Waals surface area contributed by atoms with Crippen LogP contribution in [0.25, 0.3) is 0 Å². The molecule has 0 bridgehead atoms. The molecular formula is C19H23ClFN3. The van der Waals surface area contributed by atoms with Gasteiger partial charge in [0, 0.05) is 31.5 Å². The summed E-state index contributed by atoms with van der Waals surface area (Å²) in [6, 6.07) is 7.42. The third-order valence-corrected chi connectivity index (χ3v) is 5.24. The summed E-state index contributed by atoms with van der Waals surface area (Å²) in [7, 11) is 2.10. The molecule has 5 heteroatoms. The smallest absolute Gasteiger partial charge is 0.142 e. The van der Waals surface area contributed by atoms with Crippen LogP contribution in [0, 0.1) is 18.7 Å². The highest BCUT2D eigenvalue weighted by Gasteiger charge is 2.32. The van der Waals surface area contributed by atoms with Crippen molar-refractivity contribution in [1.29, 1.82) is 0 Å². The van der Waals surface area contributed by atoms with Crippen LogP contribution in [0.2, 0.25) is 5.02 Å². The van der Waals surface area contributed by atoms with E-state index in [4.69, 9.17) is 11.6 Å². The zero-order valence-electron chi connectivity index (χ0n) is 14.1. The lowest BCUT2D eigenvalue weighted by Gasteiger charge is -2.26. The fourth-order valence-electron chi connectivity index (χ4n) is 3.54. The largest absolute Gasteiger partial charge is 0.312 e. The van der Waals surface area contributed by atoms with E-state index < -0.39 is 0 Å². The van der Waals surface area contributed by atoms with Gasteiger partial charge in [0.1, 0.15) is 5.82 Å². The van der Waals surface area contributed by atoms with Crippen molar-refractivity contribution < 1.29 is 4.39 Å². The standard InChI is InChI=1S/C19H23ClFN3/c1-13-5-7-22-11-16(13)12-23-10-15-6-8-24(2)19(15)14-3-4-17(20)18(21)9-14/h3-5,7,9,11,15,19,23H,6,8,10,12H2,1-2H3/t15-,19+/m1/s1. The number of halogens is 2. The maximum atomic E-state index is 13.8. The van der Waals surface area contributed by atoms with Gasteiger partial charge in [-0.2, -0.15) is 0 Å². The average Bonchev–Trinajstić information content (AvgIpc) is 2.93. The van der Waals surface area contributed by atoms with Gasteiger partial charge >= 0.3 is 0 Å². The Hall–Kier alpha value is -1.49. The van der Waals surface area contributed by atoms with Gasteiger partial charge in [-0.1, -0.05) is 17.7 Å². The van der Waals surface area contributed by atoms with Gasteiger partial charge < -0.3 is 5.32 Å². The van der Waals surface area contributed by atoms with Crippen molar-refractivity contribution in [2.45, 2.75) is 25.9 Å². The Balaban J connectivity index is 1.66. The number of likely N-dealkylation sites (tertiary alicyclic amines) is 1. The van der Waals surface area contributed by atoms with Crippen LogP contribution in [0.3, 0.4) is 0 Å². The van der Waals surface area contributed by atoms with Gasteiger partial charge in [-0.15, -0.1) is 0 Å². The Morgan fingerprint density at radius 1 is 1.38 bits per heavy atom. The summed E-state index contributed by atoms with van der Waals surface area (Å²) in [4.78, 5) is 6.48. The first-order valence-electron chi connectivity index (χ1n) is 8.31. The number of hydrogen-bond donors (Lipinski definition) is 1. The first kappa shape index (κ1) is 17.3. The number of nitrogens with zero attached hydrogens (tertiary/aromatic N) is 2. The Kier molecular flexibility index (Phi) is 5.49. The number of pyridine rings is 1. The predicted octanol–water partition coefficient (Wildman–Crippen LogP) is 3.97. The van der Waals surface area contributed by atoms with Crippen molar-refractivity contribution in [1.82, 2.24) is 15.2 Å². The molecule has 2 aromatic rings. The van der Waals surface area contributed by atoms with Gasteiger partial charge in [-0.3, -0.25) is 9.88 Å². The van der Waals surface area contributed by atoms with Crippen LogP contribution in [-0.4, -0.2) is 30.0 Å². The average molecular weight is 348 g/mol. The molecule has 1 aromatic heterocycles. The van der Waals surface area contributed by atoms with Crippen molar-refractivity contribution in [2.75, 3.05) is 20.1 Å². The summed E-state index contributed by atoms with van der Waals surface area (Å²) in [5.41, 5.74) is 3.47. The van der Waals surface area contributed by atoms with Gasteiger partial charge in [-0.05, 0) is 67.7 Å². The fraction of sp³-hybridized carbons (Fsp3) is 0.421. The van der Waals surface area contributed by atoms with Gasteiger partial charge in [0.25, 0.3) is 0 Å². The summed E-state index contributed by atoms with van der Waals surface area (Å²) in [6.07, 6.45) is 4.83. The van der Waals surface area contributed by atoms with E-state index in [0.717, 1.165) is 31.6 Å². The number of nitrogens with one attached hydrogen (secondary N) is 1. The van der Waals surface area contributed by atoms with Crippen molar-refractivity contribution in [3.8, 4) is 0 Å². The lowest BCUT2D eigenvalue weighted by molar-refractivity contribution is 0.271.